The van der Waals surface area contributed by atoms with E-state index in [1.807, 2.05) is 0 Å². The van der Waals surface area contributed by atoms with Crippen molar-refractivity contribution in [1.82, 2.24) is 14.7 Å². The molecule has 1 aromatic heterocycles. The Morgan fingerprint density at radius 1 is 1.56 bits per heavy atom. The Morgan fingerprint density at radius 3 is 2.81 bits per heavy atom. The molecule has 1 aromatic rings. The summed E-state index contributed by atoms with van der Waals surface area (Å²) in [6, 6.07) is -0.243. The van der Waals surface area contributed by atoms with Gasteiger partial charge >= 0.3 is 0 Å². The number of nitrogens with zero attached hydrogens (tertiary/aromatic N) is 1. The second-order valence-electron chi connectivity index (χ2n) is 4.16. The first-order valence-electron chi connectivity index (χ1n) is 5.28. The Morgan fingerprint density at radius 2 is 2.31 bits per heavy atom. The molecule has 4 N–H and O–H groups in total. The molecular formula is C9H16N4O2S. The number of H-pyrrole nitrogens is 1. The van der Waals surface area contributed by atoms with E-state index in [1.165, 1.54) is 6.20 Å². The first kappa shape index (κ1) is 11.6. The van der Waals surface area contributed by atoms with Gasteiger partial charge in [-0.05, 0) is 19.8 Å². The molecule has 0 amide bonds. The molecular weight excluding hydrogens is 228 g/mol. The van der Waals surface area contributed by atoms with Gasteiger partial charge in [0, 0.05) is 12.1 Å². The molecule has 1 saturated carbocycles. The van der Waals surface area contributed by atoms with Crippen LogP contribution in [0.25, 0.3) is 0 Å². The maximum Gasteiger partial charge on any atom is 0.257 e. The fraction of sp³-hybridized carbons (Fsp3) is 0.667. The number of aromatic amines is 1. The fourth-order valence-electron chi connectivity index (χ4n) is 1.93. The molecule has 1 aliphatic rings. The van der Waals surface area contributed by atoms with Crippen molar-refractivity contribution in [3.8, 4) is 0 Å². The molecule has 2 atom stereocenters. The van der Waals surface area contributed by atoms with E-state index in [9.17, 15) is 8.42 Å². The number of nitrogens with two attached hydrogens (primary N) is 1. The molecule has 0 spiro atoms. The van der Waals surface area contributed by atoms with E-state index in [0.717, 1.165) is 19.3 Å². The van der Waals surface area contributed by atoms with Gasteiger partial charge in [-0.1, -0.05) is 6.42 Å². The van der Waals surface area contributed by atoms with Crippen LogP contribution in [0, 0.1) is 6.92 Å². The molecule has 1 fully saturated rings. The lowest BCUT2D eigenvalue weighted by molar-refractivity contribution is 0.520. The number of aromatic nitrogens is 2. The number of aryl methyl sites for hydroxylation is 1. The second-order valence-corrected chi connectivity index (χ2v) is 5.84. The minimum absolute atomic E-state index is 0.0845. The van der Waals surface area contributed by atoms with E-state index >= 15 is 0 Å². The third kappa shape index (κ3) is 2.26. The summed E-state index contributed by atoms with van der Waals surface area (Å²) in [5, 5.41) is 0.101. The molecule has 1 heterocycles. The molecule has 16 heavy (non-hydrogen) atoms. The third-order valence-corrected chi connectivity index (χ3v) is 4.24. The summed E-state index contributed by atoms with van der Waals surface area (Å²) >= 11 is 0. The Kier molecular flexibility index (Phi) is 3.00. The van der Waals surface area contributed by atoms with E-state index in [1.54, 1.807) is 6.92 Å². The van der Waals surface area contributed by atoms with E-state index < -0.39 is 10.0 Å². The highest BCUT2D eigenvalue weighted by atomic mass is 32.2. The number of hydrogen-bond acceptors (Lipinski definition) is 4. The van der Waals surface area contributed by atoms with Crippen molar-refractivity contribution in [3.05, 3.63) is 12.0 Å². The molecule has 0 aromatic carbocycles. The fourth-order valence-corrected chi connectivity index (χ4v) is 3.22. The first-order chi connectivity index (χ1) is 7.49. The van der Waals surface area contributed by atoms with E-state index in [-0.39, 0.29) is 17.1 Å². The number of nitrogens with one attached hydrogen (secondary N) is 2. The molecule has 90 valence electrons. The predicted octanol–water partition coefficient (Wildman–Crippen LogP) is -0.124. The molecule has 2 unspecified atom stereocenters. The molecule has 0 bridgehead atoms. The Bertz CT molecular complexity index is 468. The van der Waals surface area contributed by atoms with Crippen LogP contribution in [0.2, 0.25) is 0 Å². The van der Waals surface area contributed by atoms with Gasteiger partial charge < -0.3 is 10.7 Å². The van der Waals surface area contributed by atoms with E-state index in [2.05, 4.69) is 14.7 Å². The highest BCUT2D eigenvalue weighted by Gasteiger charge is 2.29. The normalized spacial score (nSPS) is 26.1. The maximum absolute atomic E-state index is 11.9. The number of imidazole rings is 1. The highest BCUT2D eigenvalue weighted by Crippen LogP contribution is 2.19. The van der Waals surface area contributed by atoms with Crippen molar-refractivity contribution >= 4 is 10.0 Å². The number of rotatable bonds is 3. The molecule has 0 radical (unpaired) electrons. The maximum atomic E-state index is 11.9. The van der Waals surface area contributed by atoms with E-state index in [0.29, 0.717) is 5.82 Å². The van der Waals surface area contributed by atoms with Crippen molar-refractivity contribution < 1.29 is 8.42 Å². The highest BCUT2D eigenvalue weighted by molar-refractivity contribution is 7.89. The Balaban J connectivity index is 2.14. The zero-order valence-electron chi connectivity index (χ0n) is 9.10. The molecule has 0 aliphatic heterocycles. The van der Waals surface area contributed by atoms with Crippen molar-refractivity contribution in [2.24, 2.45) is 5.73 Å². The van der Waals surface area contributed by atoms with Crippen molar-refractivity contribution in [2.45, 2.75) is 43.3 Å². The standard InChI is InChI=1S/C9H16N4O2S/c1-6-11-5-9(12-6)16(14,15)13-8-4-2-3-7(8)10/h5,7-8,13H,2-4,10H2,1H3,(H,11,12). The van der Waals surface area contributed by atoms with Crippen LogP contribution in [-0.4, -0.2) is 30.5 Å². The topological polar surface area (TPSA) is 101 Å². The van der Waals surface area contributed by atoms with Gasteiger partial charge in [-0.15, -0.1) is 0 Å². The van der Waals surface area contributed by atoms with Crippen LogP contribution in [-0.2, 0) is 10.0 Å². The predicted molar refractivity (Wildman–Crippen MR) is 59.3 cm³/mol. The van der Waals surface area contributed by atoms with Crippen molar-refractivity contribution in [3.63, 3.8) is 0 Å². The number of sulfonamides is 1. The van der Waals surface area contributed by atoms with E-state index in [4.69, 9.17) is 5.73 Å². The zero-order chi connectivity index (χ0) is 11.8. The monoisotopic (exact) mass is 244 g/mol. The quantitative estimate of drug-likeness (QED) is 0.689. The average Bonchev–Trinajstić information content (AvgIpc) is 2.77. The minimum atomic E-state index is -3.50. The van der Waals surface area contributed by atoms with Gasteiger partial charge in [0.2, 0.25) is 0 Å². The summed E-state index contributed by atoms with van der Waals surface area (Å²) in [6.45, 7) is 1.71. The van der Waals surface area contributed by atoms with Crippen molar-refractivity contribution in [1.29, 1.82) is 0 Å². The van der Waals surface area contributed by atoms with Gasteiger partial charge in [0.05, 0.1) is 6.20 Å². The van der Waals surface area contributed by atoms with Gasteiger partial charge in [0.1, 0.15) is 5.82 Å². The smallest absolute Gasteiger partial charge is 0.257 e. The Hall–Kier alpha value is -0.920. The van der Waals surface area contributed by atoms with Crippen LogP contribution in [0.15, 0.2) is 11.2 Å². The van der Waals surface area contributed by atoms with Crippen LogP contribution in [0.1, 0.15) is 25.1 Å². The summed E-state index contributed by atoms with van der Waals surface area (Å²) in [5.41, 5.74) is 5.82. The summed E-state index contributed by atoms with van der Waals surface area (Å²) in [7, 11) is -3.50. The lowest BCUT2D eigenvalue weighted by Gasteiger charge is -2.16. The molecule has 7 heteroatoms. The second kappa shape index (κ2) is 4.15. The van der Waals surface area contributed by atoms with Gasteiger partial charge in [-0.2, -0.15) is 0 Å². The largest absolute Gasteiger partial charge is 0.332 e. The molecule has 0 saturated heterocycles. The van der Waals surface area contributed by atoms with Gasteiger partial charge in [-0.3, -0.25) is 0 Å². The molecule has 2 rings (SSSR count). The molecule has 1 aliphatic carbocycles. The molecule has 6 nitrogen and oxygen atoms in total. The van der Waals surface area contributed by atoms with Crippen LogP contribution in [0.4, 0.5) is 0 Å². The third-order valence-electron chi connectivity index (χ3n) is 2.85. The van der Waals surface area contributed by atoms with Gasteiger partial charge in [0.25, 0.3) is 10.0 Å². The van der Waals surface area contributed by atoms with Gasteiger partial charge in [0.15, 0.2) is 5.03 Å². The zero-order valence-corrected chi connectivity index (χ0v) is 9.92. The van der Waals surface area contributed by atoms with Gasteiger partial charge in [-0.25, -0.2) is 18.1 Å². The lowest BCUT2D eigenvalue weighted by atomic mass is 10.2. The summed E-state index contributed by atoms with van der Waals surface area (Å²) < 4.78 is 26.4. The lowest BCUT2D eigenvalue weighted by Crippen LogP contribution is -2.43. The summed E-state index contributed by atoms with van der Waals surface area (Å²) in [4.78, 5) is 6.57. The number of hydrogen-bond donors (Lipinski definition) is 3. The Labute approximate surface area is 94.7 Å². The first-order valence-corrected chi connectivity index (χ1v) is 6.77. The van der Waals surface area contributed by atoms with Crippen LogP contribution in [0.5, 0.6) is 0 Å². The van der Waals surface area contributed by atoms with Crippen LogP contribution in [0.3, 0.4) is 0 Å². The SMILES string of the molecule is Cc1ncc(S(=O)(=O)NC2CCCC2N)[nH]1. The van der Waals surface area contributed by atoms with Crippen LogP contribution < -0.4 is 10.5 Å². The summed E-state index contributed by atoms with van der Waals surface area (Å²) in [6.07, 6.45) is 3.96. The average molecular weight is 244 g/mol. The van der Waals surface area contributed by atoms with Crippen molar-refractivity contribution in [2.75, 3.05) is 0 Å². The van der Waals surface area contributed by atoms with Crippen LogP contribution >= 0.6 is 0 Å². The minimum Gasteiger partial charge on any atom is -0.332 e. The summed E-state index contributed by atoms with van der Waals surface area (Å²) in [5.74, 6) is 0.580.